The Kier molecular flexibility index (Phi) is 7.16. The normalized spacial score (nSPS) is 10.9. The fourth-order valence-corrected chi connectivity index (χ4v) is 3.57. The summed E-state index contributed by atoms with van der Waals surface area (Å²) < 4.78 is 16.1. The summed E-state index contributed by atoms with van der Waals surface area (Å²) in [6.45, 7) is 4.05. The second kappa shape index (κ2) is 9.81. The third kappa shape index (κ3) is 4.85. The molecule has 0 unspecified atom stereocenters. The highest BCUT2D eigenvalue weighted by Gasteiger charge is 2.17. The zero-order valence-electron chi connectivity index (χ0n) is 17.4. The van der Waals surface area contributed by atoms with E-state index in [0.29, 0.717) is 28.9 Å². The lowest BCUT2D eigenvalue weighted by molar-refractivity contribution is 0.0735. The molecular weight excluding hydrogens is 404 g/mol. The Labute approximate surface area is 180 Å². The molecule has 158 valence electrons. The van der Waals surface area contributed by atoms with Crippen molar-refractivity contribution in [1.29, 1.82) is 0 Å². The van der Waals surface area contributed by atoms with E-state index < -0.39 is 5.97 Å². The summed E-state index contributed by atoms with van der Waals surface area (Å²) in [6.07, 6.45) is 4.98. The number of benzene rings is 2. The van der Waals surface area contributed by atoms with Crippen molar-refractivity contribution in [2.75, 3.05) is 7.11 Å². The molecule has 1 heterocycles. The Balaban J connectivity index is 1.87. The van der Waals surface area contributed by atoms with Crippen LogP contribution in [-0.4, -0.2) is 13.1 Å². The zero-order valence-corrected chi connectivity index (χ0v) is 18.2. The van der Waals surface area contributed by atoms with Crippen molar-refractivity contribution in [3.05, 3.63) is 68.5 Å². The molecule has 0 saturated heterocycles. The fraction of sp³-hybridized carbons (Fsp3) is 0.333. The molecule has 0 saturated carbocycles. The van der Waals surface area contributed by atoms with Gasteiger partial charge in [0.25, 0.3) is 0 Å². The lowest BCUT2D eigenvalue weighted by atomic mass is 10.0. The minimum Gasteiger partial charge on any atom is -0.497 e. The first-order valence-electron chi connectivity index (χ1n) is 10.1. The van der Waals surface area contributed by atoms with Crippen LogP contribution in [0.5, 0.6) is 11.5 Å². The lowest BCUT2D eigenvalue weighted by Gasteiger charge is -2.11. The monoisotopic (exact) mass is 428 g/mol. The van der Waals surface area contributed by atoms with Gasteiger partial charge in [-0.1, -0.05) is 37.8 Å². The van der Waals surface area contributed by atoms with Gasteiger partial charge in [-0.3, -0.25) is 0 Å². The average molecular weight is 429 g/mol. The van der Waals surface area contributed by atoms with Gasteiger partial charge < -0.3 is 13.9 Å². The minimum atomic E-state index is -0.564. The van der Waals surface area contributed by atoms with Crippen LogP contribution in [0.4, 0.5) is 0 Å². The molecule has 0 amide bonds. The summed E-state index contributed by atoms with van der Waals surface area (Å²) in [5.41, 5.74) is 1.88. The summed E-state index contributed by atoms with van der Waals surface area (Å²) in [7, 11) is 1.55. The number of hydrogen-bond acceptors (Lipinski definition) is 5. The first-order valence-corrected chi connectivity index (χ1v) is 10.4. The molecule has 0 N–H and O–H groups in total. The van der Waals surface area contributed by atoms with Crippen LogP contribution < -0.4 is 15.1 Å². The molecule has 0 fully saturated rings. The second-order valence-corrected chi connectivity index (χ2v) is 7.61. The Morgan fingerprint density at radius 3 is 2.50 bits per heavy atom. The van der Waals surface area contributed by atoms with E-state index in [4.69, 9.17) is 25.5 Å². The van der Waals surface area contributed by atoms with Crippen LogP contribution in [0.3, 0.4) is 0 Å². The minimum absolute atomic E-state index is 0.142. The number of fused-ring (bicyclic) bond motifs is 1. The van der Waals surface area contributed by atoms with E-state index in [1.165, 1.54) is 6.07 Å². The molecule has 0 radical (unpaired) electrons. The Morgan fingerprint density at radius 1 is 1.10 bits per heavy atom. The number of ether oxygens (including phenoxy) is 2. The van der Waals surface area contributed by atoms with Crippen LogP contribution in [0.2, 0.25) is 5.02 Å². The van der Waals surface area contributed by atoms with Gasteiger partial charge in [-0.2, -0.15) is 0 Å². The van der Waals surface area contributed by atoms with Gasteiger partial charge in [0.1, 0.15) is 11.3 Å². The largest absolute Gasteiger partial charge is 0.497 e. The van der Waals surface area contributed by atoms with Gasteiger partial charge in [-0.15, -0.1) is 0 Å². The predicted molar refractivity (Wildman–Crippen MR) is 118 cm³/mol. The zero-order chi connectivity index (χ0) is 21.7. The number of hydrogen-bond donors (Lipinski definition) is 0. The molecule has 0 spiro atoms. The van der Waals surface area contributed by atoms with Gasteiger partial charge >= 0.3 is 11.6 Å². The number of carbonyl (C=O) groups is 1. The van der Waals surface area contributed by atoms with E-state index in [0.717, 1.165) is 36.6 Å². The third-order valence-corrected chi connectivity index (χ3v) is 5.44. The molecule has 6 heteroatoms. The number of esters is 1. The highest BCUT2D eigenvalue weighted by atomic mass is 35.5. The summed E-state index contributed by atoms with van der Waals surface area (Å²) in [4.78, 5) is 24.9. The molecule has 30 heavy (non-hydrogen) atoms. The standard InChI is InChI=1S/C24H25ClO5/c1-4-5-6-7-8-18-15(2)19-13-20(25)22(14-21(19)29-24(18)27)30-23(26)16-9-11-17(28-3)12-10-16/h9-14H,4-8H2,1-3H3. The van der Waals surface area contributed by atoms with Crippen molar-refractivity contribution in [3.63, 3.8) is 0 Å². The molecule has 0 aliphatic rings. The third-order valence-electron chi connectivity index (χ3n) is 5.15. The predicted octanol–water partition coefficient (Wildman–Crippen LogP) is 6.11. The molecule has 2 aromatic carbocycles. The van der Waals surface area contributed by atoms with Gasteiger partial charge in [0.05, 0.1) is 17.7 Å². The van der Waals surface area contributed by atoms with Gasteiger partial charge in [-0.05, 0) is 55.7 Å². The van der Waals surface area contributed by atoms with Crippen molar-refractivity contribution < 1.29 is 18.7 Å². The number of carbonyl (C=O) groups excluding carboxylic acids is 1. The first-order chi connectivity index (χ1) is 14.4. The van der Waals surface area contributed by atoms with Crippen molar-refractivity contribution in [1.82, 2.24) is 0 Å². The van der Waals surface area contributed by atoms with Crippen LogP contribution in [0.1, 0.15) is 54.1 Å². The smallest absolute Gasteiger partial charge is 0.343 e. The van der Waals surface area contributed by atoms with Crippen LogP contribution >= 0.6 is 11.6 Å². The molecule has 3 aromatic rings. The first kappa shape index (κ1) is 21.9. The molecule has 3 rings (SSSR count). The fourth-order valence-electron chi connectivity index (χ4n) is 3.37. The van der Waals surface area contributed by atoms with Crippen LogP contribution in [0.25, 0.3) is 11.0 Å². The van der Waals surface area contributed by atoms with Gasteiger partial charge in [-0.25, -0.2) is 9.59 Å². The van der Waals surface area contributed by atoms with Gasteiger partial charge in [0.15, 0.2) is 5.75 Å². The van der Waals surface area contributed by atoms with E-state index in [9.17, 15) is 9.59 Å². The maximum Gasteiger partial charge on any atom is 0.343 e. The second-order valence-electron chi connectivity index (χ2n) is 7.20. The quantitative estimate of drug-likeness (QED) is 0.187. The van der Waals surface area contributed by atoms with Crippen LogP contribution in [0.15, 0.2) is 45.6 Å². The average Bonchev–Trinajstić information content (AvgIpc) is 2.74. The SMILES string of the molecule is CCCCCCc1c(C)c2cc(Cl)c(OC(=O)c3ccc(OC)cc3)cc2oc1=O. The maximum atomic E-state index is 12.5. The van der Waals surface area contributed by atoms with E-state index in [2.05, 4.69) is 6.92 Å². The Bertz CT molecular complexity index is 1100. The number of unbranched alkanes of at least 4 members (excludes halogenated alkanes) is 3. The summed E-state index contributed by atoms with van der Waals surface area (Å²) in [5, 5.41) is 1.02. The number of rotatable bonds is 8. The van der Waals surface area contributed by atoms with E-state index in [-0.39, 0.29) is 16.4 Å². The summed E-state index contributed by atoms with van der Waals surface area (Å²) in [5.74, 6) is 0.215. The Morgan fingerprint density at radius 2 is 1.83 bits per heavy atom. The number of methoxy groups -OCH3 is 1. The van der Waals surface area contributed by atoms with Crippen LogP contribution in [-0.2, 0) is 6.42 Å². The molecule has 0 atom stereocenters. The molecule has 0 aliphatic heterocycles. The summed E-state index contributed by atoms with van der Waals surface area (Å²) >= 11 is 6.38. The van der Waals surface area contributed by atoms with E-state index in [1.807, 2.05) is 6.92 Å². The van der Waals surface area contributed by atoms with Gasteiger partial charge in [0.2, 0.25) is 0 Å². The molecule has 0 bridgehead atoms. The Hall–Kier alpha value is -2.79. The molecular formula is C24H25ClO5. The molecule has 5 nitrogen and oxygen atoms in total. The topological polar surface area (TPSA) is 65.7 Å². The molecule has 0 aliphatic carbocycles. The summed E-state index contributed by atoms with van der Waals surface area (Å²) in [6, 6.07) is 9.72. The highest BCUT2D eigenvalue weighted by Crippen LogP contribution is 2.32. The maximum absolute atomic E-state index is 12.5. The highest BCUT2D eigenvalue weighted by molar-refractivity contribution is 6.33. The van der Waals surface area contributed by atoms with Crippen molar-refractivity contribution in [3.8, 4) is 11.5 Å². The van der Waals surface area contributed by atoms with Crippen molar-refractivity contribution >= 4 is 28.5 Å². The van der Waals surface area contributed by atoms with E-state index in [1.54, 1.807) is 37.4 Å². The molecule has 1 aromatic heterocycles. The number of aryl methyl sites for hydroxylation is 1. The van der Waals surface area contributed by atoms with Crippen molar-refractivity contribution in [2.45, 2.75) is 46.0 Å². The van der Waals surface area contributed by atoms with E-state index >= 15 is 0 Å². The number of halogens is 1. The lowest BCUT2D eigenvalue weighted by Crippen LogP contribution is -2.11. The van der Waals surface area contributed by atoms with Gasteiger partial charge in [0, 0.05) is 17.0 Å². The van der Waals surface area contributed by atoms with Crippen molar-refractivity contribution in [2.24, 2.45) is 0 Å². The van der Waals surface area contributed by atoms with Crippen LogP contribution in [0, 0.1) is 6.92 Å².